The van der Waals surface area contributed by atoms with Gasteiger partial charge < -0.3 is 16.8 Å². The molecule has 0 aliphatic heterocycles. The van der Waals surface area contributed by atoms with Crippen molar-refractivity contribution in [3.8, 4) is 0 Å². The van der Waals surface area contributed by atoms with Gasteiger partial charge in [-0.05, 0) is 12.1 Å². The van der Waals surface area contributed by atoms with E-state index in [1.165, 1.54) is 0 Å². The summed E-state index contributed by atoms with van der Waals surface area (Å²) in [5.74, 6) is -0.263. The monoisotopic (exact) mass is 301 g/mol. The van der Waals surface area contributed by atoms with Crippen LogP contribution in [0.1, 0.15) is 10.4 Å². The second kappa shape index (κ2) is 6.33. The highest BCUT2D eigenvalue weighted by Crippen LogP contribution is 2.12. The van der Waals surface area contributed by atoms with Gasteiger partial charge in [0.2, 0.25) is 12.3 Å². The maximum Gasteiger partial charge on any atom is 0.347 e. The van der Waals surface area contributed by atoms with Crippen molar-refractivity contribution in [1.82, 2.24) is 0 Å². The lowest BCUT2D eigenvalue weighted by Crippen LogP contribution is -3.00. The molecule has 0 radical (unpaired) electrons. The average Bonchev–Trinajstić information content (AvgIpc) is 2.47. The molecule has 0 saturated carbocycles. The summed E-state index contributed by atoms with van der Waals surface area (Å²) in [5, 5.41) is 0.744. The highest BCUT2D eigenvalue weighted by molar-refractivity contribution is 5.97. The van der Waals surface area contributed by atoms with Crippen molar-refractivity contribution in [2.24, 2.45) is 0 Å². The number of fused-ring (bicyclic) bond motifs is 1. The fourth-order valence-electron chi connectivity index (χ4n) is 2.05. The molecule has 3 rings (SSSR count). The Morgan fingerprint density at radius 2 is 1.76 bits per heavy atom. The van der Waals surface area contributed by atoms with Crippen LogP contribution >= 0.6 is 0 Å². The summed E-state index contributed by atoms with van der Waals surface area (Å²) in [5.41, 5.74) is -0.0216. The highest BCUT2D eigenvalue weighted by Gasteiger charge is 2.17. The van der Waals surface area contributed by atoms with E-state index < -0.39 is 5.63 Å². The summed E-state index contributed by atoms with van der Waals surface area (Å²) in [4.78, 5) is 24.1. The number of nitrogens with zero attached hydrogens (tertiary/aromatic N) is 1. The smallest absolute Gasteiger partial charge is 0.347 e. The van der Waals surface area contributed by atoms with Crippen LogP contribution in [-0.2, 0) is 6.54 Å². The Hall–Kier alpha value is -2.46. The Kier molecular flexibility index (Phi) is 4.50. The summed E-state index contributed by atoms with van der Waals surface area (Å²) < 4.78 is 6.89. The van der Waals surface area contributed by atoms with E-state index in [2.05, 4.69) is 0 Å². The topological polar surface area (TPSA) is 51.2 Å². The zero-order chi connectivity index (χ0) is 13.9. The molecule has 0 bridgehead atoms. The predicted molar refractivity (Wildman–Crippen MR) is 73.5 cm³/mol. The van der Waals surface area contributed by atoms with Gasteiger partial charge in [0.15, 0.2) is 12.4 Å². The number of carbonyl (C=O) groups excluding carboxylic acids is 1. The molecule has 0 N–H and O–H groups in total. The number of benzene rings is 1. The molecule has 0 atom stereocenters. The van der Waals surface area contributed by atoms with Crippen LogP contribution in [-0.4, -0.2) is 5.78 Å². The van der Waals surface area contributed by atoms with Crippen LogP contribution in [0.5, 0.6) is 0 Å². The van der Waals surface area contributed by atoms with Crippen molar-refractivity contribution in [3.05, 3.63) is 76.9 Å². The largest absolute Gasteiger partial charge is 1.00 e. The number of hydrogen-bond acceptors (Lipinski definition) is 3. The zero-order valence-electron chi connectivity index (χ0n) is 11.0. The lowest BCUT2D eigenvalue weighted by Gasteiger charge is -2.00. The Morgan fingerprint density at radius 3 is 2.52 bits per heavy atom. The van der Waals surface area contributed by atoms with Crippen LogP contribution < -0.4 is 22.6 Å². The summed E-state index contributed by atoms with van der Waals surface area (Å²) in [6.07, 6.45) is 3.56. The molecule has 5 heteroatoms. The summed E-state index contributed by atoms with van der Waals surface area (Å²) in [6.45, 7) is 0.115. The second-order valence-electron chi connectivity index (χ2n) is 4.46. The van der Waals surface area contributed by atoms with Crippen LogP contribution in [0.2, 0.25) is 0 Å². The van der Waals surface area contributed by atoms with Crippen LogP contribution in [0.25, 0.3) is 11.0 Å². The third kappa shape index (κ3) is 3.17. The van der Waals surface area contributed by atoms with Gasteiger partial charge in [-0.15, -0.1) is 0 Å². The van der Waals surface area contributed by atoms with Gasteiger partial charge in [0.25, 0.3) is 0 Å². The van der Waals surface area contributed by atoms with E-state index in [-0.39, 0.29) is 30.3 Å². The fraction of sp³-hybridized carbons (Fsp3) is 0.0625. The second-order valence-corrected chi connectivity index (χ2v) is 4.46. The number of rotatable bonds is 3. The zero-order valence-corrected chi connectivity index (χ0v) is 11.8. The molecule has 0 fully saturated rings. The number of halogens is 1. The standard InChI is InChI=1S/C16H12NO3.ClH/c18-14(11-17-8-4-1-5-9-17)13-10-12-6-2-3-7-15(12)20-16(13)19;/h1-10H,11H2;1H/q+1;/p-1. The quantitative estimate of drug-likeness (QED) is 0.353. The van der Waals surface area contributed by atoms with Crippen molar-refractivity contribution in [2.45, 2.75) is 6.54 Å². The lowest BCUT2D eigenvalue weighted by atomic mass is 10.1. The molecule has 4 nitrogen and oxygen atoms in total. The molecule has 1 aromatic carbocycles. The maximum atomic E-state index is 12.2. The SMILES string of the molecule is O=C(C[n+]1ccccc1)c1cc2ccccc2oc1=O.[Cl-]. The molecule has 0 aliphatic carbocycles. The van der Waals surface area contributed by atoms with Gasteiger partial charge in [0, 0.05) is 17.5 Å². The van der Waals surface area contributed by atoms with E-state index in [9.17, 15) is 9.59 Å². The van der Waals surface area contributed by atoms with Gasteiger partial charge >= 0.3 is 5.63 Å². The molecular formula is C16H12ClNO3. The van der Waals surface area contributed by atoms with Crippen molar-refractivity contribution >= 4 is 16.8 Å². The van der Waals surface area contributed by atoms with E-state index in [4.69, 9.17) is 4.42 Å². The molecule has 106 valence electrons. The first kappa shape index (κ1) is 14.9. The summed E-state index contributed by atoms with van der Waals surface area (Å²) in [6, 6.07) is 14.3. The summed E-state index contributed by atoms with van der Waals surface area (Å²) in [7, 11) is 0. The minimum absolute atomic E-state index is 0. The van der Waals surface area contributed by atoms with Gasteiger partial charge in [-0.25, -0.2) is 4.79 Å². The molecular weight excluding hydrogens is 290 g/mol. The summed E-state index contributed by atoms with van der Waals surface area (Å²) >= 11 is 0. The van der Waals surface area contributed by atoms with Crippen LogP contribution in [0.4, 0.5) is 0 Å². The van der Waals surface area contributed by atoms with Crippen molar-refractivity contribution < 1.29 is 26.2 Å². The third-order valence-corrected chi connectivity index (χ3v) is 3.05. The maximum absolute atomic E-state index is 12.2. The number of hydrogen-bond donors (Lipinski definition) is 0. The van der Waals surface area contributed by atoms with Crippen molar-refractivity contribution in [1.29, 1.82) is 0 Å². The van der Waals surface area contributed by atoms with Crippen LogP contribution in [0, 0.1) is 0 Å². The van der Waals surface area contributed by atoms with Gasteiger partial charge in [-0.1, -0.05) is 24.3 Å². The van der Waals surface area contributed by atoms with Crippen molar-refractivity contribution in [2.75, 3.05) is 0 Å². The first-order valence-electron chi connectivity index (χ1n) is 6.24. The number of carbonyl (C=O) groups is 1. The Labute approximate surface area is 127 Å². The lowest BCUT2D eigenvalue weighted by molar-refractivity contribution is -0.683. The Balaban J connectivity index is 0.00000161. The Morgan fingerprint density at radius 1 is 1.05 bits per heavy atom. The normalized spacial score (nSPS) is 10.1. The fourth-order valence-corrected chi connectivity index (χ4v) is 2.05. The highest BCUT2D eigenvalue weighted by atomic mass is 35.5. The third-order valence-electron chi connectivity index (χ3n) is 3.05. The molecule has 0 aliphatic rings. The van der Waals surface area contributed by atoms with E-state index >= 15 is 0 Å². The first-order valence-corrected chi connectivity index (χ1v) is 6.24. The van der Waals surface area contributed by atoms with E-state index in [1.807, 2.05) is 30.3 Å². The minimum atomic E-state index is -0.592. The van der Waals surface area contributed by atoms with Gasteiger partial charge in [0.05, 0.1) is 0 Å². The number of pyridine rings is 1. The van der Waals surface area contributed by atoms with E-state index in [0.717, 1.165) is 5.39 Å². The molecule has 2 heterocycles. The molecule has 0 spiro atoms. The molecule has 0 unspecified atom stereocenters. The predicted octanol–water partition coefficient (Wildman–Crippen LogP) is -1.03. The van der Waals surface area contributed by atoms with Gasteiger partial charge in [-0.2, -0.15) is 4.57 Å². The minimum Gasteiger partial charge on any atom is -1.00 e. The van der Waals surface area contributed by atoms with Crippen LogP contribution in [0.15, 0.2) is 70.1 Å². The van der Waals surface area contributed by atoms with E-state index in [1.54, 1.807) is 35.2 Å². The molecule has 3 aromatic rings. The molecule has 0 saturated heterocycles. The van der Waals surface area contributed by atoms with E-state index in [0.29, 0.717) is 5.58 Å². The molecule has 0 amide bonds. The first-order chi connectivity index (χ1) is 9.74. The number of ketones is 1. The van der Waals surface area contributed by atoms with Gasteiger partial charge in [-0.3, -0.25) is 4.79 Å². The molecule has 2 aromatic heterocycles. The molecule has 21 heavy (non-hydrogen) atoms. The number of para-hydroxylation sites is 1. The van der Waals surface area contributed by atoms with Crippen LogP contribution in [0.3, 0.4) is 0 Å². The Bertz CT molecular complexity index is 828. The van der Waals surface area contributed by atoms with Crippen molar-refractivity contribution in [3.63, 3.8) is 0 Å². The number of Topliss-reactive ketones (excluding diaryl/α,β-unsaturated/α-hetero) is 1. The van der Waals surface area contributed by atoms with Gasteiger partial charge in [0.1, 0.15) is 11.1 Å². The average molecular weight is 302 g/mol. The number of aromatic nitrogens is 1.